The molecule has 16 heavy (non-hydrogen) atoms. The summed E-state index contributed by atoms with van der Waals surface area (Å²) in [5.41, 5.74) is 3.61. The van der Waals surface area contributed by atoms with Gasteiger partial charge in [0.2, 0.25) is 0 Å². The van der Waals surface area contributed by atoms with E-state index in [0.29, 0.717) is 11.9 Å². The van der Waals surface area contributed by atoms with E-state index in [9.17, 15) is 0 Å². The van der Waals surface area contributed by atoms with Crippen LogP contribution in [0, 0.1) is 0 Å². The molecule has 0 spiro atoms. The fourth-order valence-electron chi connectivity index (χ4n) is 1.70. The Morgan fingerprint density at radius 1 is 1.50 bits per heavy atom. The molecule has 1 aromatic rings. The molecule has 0 aliphatic rings. The number of nitrogens with one attached hydrogen (secondary N) is 1. The van der Waals surface area contributed by atoms with Crippen LogP contribution < -0.4 is 11.3 Å². The van der Waals surface area contributed by atoms with Crippen molar-refractivity contribution < 1.29 is 0 Å². The zero-order valence-electron chi connectivity index (χ0n) is 10.4. The molecular formula is C12H22N4. The Morgan fingerprint density at radius 2 is 2.25 bits per heavy atom. The van der Waals surface area contributed by atoms with Crippen molar-refractivity contribution in [3.05, 3.63) is 23.9 Å². The van der Waals surface area contributed by atoms with Crippen LogP contribution in [-0.2, 0) is 6.54 Å². The Morgan fingerprint density at radius 3 is 2.88 bits per heavy atom. The maximum Gasteiger partial charge on any atom is 0.140 e. The number of rotatable bonds is 6. The normalized spacial score (nSPS) is 12.8. The van der Waals surface area contributed by atoms with E-state index in [1.807, 2.05) is 18.2 Å². The number of nitrogen functional groups attached to an aromatic ring is 1. The number of hydrazine groups is 1. The SMILES string of the molecule is CCCC(C)N(C)Cc1cccc(NN)n1. The molecule has 90 valence electrons. The summed E-state index contributed by atoms with van der Waals surface area (Å²) in [4.78, 5) is 6.71. The van der Waals surface area contributed by atoms with Crippen LogP contribution in [0.5, 0.6) is 0 Å². The fourth-order valence-corrected chi connectivity index (χ4v) is 1.70. The van der Waals surface area contributed by atoms with E-state index in [4.69, 9.17) is 5.84 Å². The van der Waals surface area contributed by atoms with Gasteiger partial charge in [-0.05, 0) is 32.5 Å². The van der Waals surface area contributed by atoms with Gasteiger partial charge in [0.25, 0.3) is 0 Å². The second-order valence-corrected chi connectivity index (χ2v) is 4.21. The highest BCUT2D eigenvalue weighted by atomic mass is 15.3. The summed E-state index contributed by atoms with van der Waals surface area (Å²) < 4.78 is 0. The molecule has 4 heteroatoms. The molecule has 1 unspecified atom stereocenters. The van der Waals surface area contributed by atoms with Crippen LogP contribution in [0.15, 0.2) is 18.2 Å². The molecule has 1 heterocycles. The molecule has 1 rings (SSSR count). The lowest BCUT2D eigenvalue weighted by Gasteiger charge is -2.23. The highest BCUT2D eigenvalue weighted by Gasteiger charge is 2.09. The number of aromatic nitrogens is 1. The first-order valence-electron chi connectivity index (χ1n) is 5.80. The van der Waals surface area contributed by atoms with Gasteiger partial charge in [-0.2, -0.15) is 0 Å². The van der Waals surface area contributed by atoms with Crippen LogP contribution in [0.25, 0.3) is 0 Å². The van der Waals surface area contributed by atoms with Crippen molar-refractivity contribution in [1.29, 1.82) is 0 Å². The molecule has 3 N–H and O–H groups in total. The van der Waals surface area contributed by atoms with E-state index >= 15 is 0 Å². The largest absolute Gasteiger partial charge is 0.308 e. The number of nitrogens with zero attached hydrogens (tertiary/aromatic N) is 2. The van der Waals surface area contributed by atoms with E-state index < -0.39 is 0 Å². The van der Waals surface area contributed by atoms with Gasteiger partial charge in [0.05, 0.1) is 5.69 Å². The van der Waals surface area contributed by atoms with E-state index in [0.717, 1.165) is 12.2 Å². The summed E-state index contributed by atoms with van der Waals surface area (Å²) >= 11 is 0. The lowest BCUT2D eigenvalue weighted by atomic mass is 10.1. The van der Waals surface area contributed by atoms with E-state index in [2.05, 4.69) is 36.2 Å². The van der Waals surface area contributed by atoms with Gasteiger partial charge < -0.3 is 5.43 Å². The van der Waals surface area contributed by atoms with Crippen LogP contribution in [0.4, 0.5) is 5.82 Å². The number of anilines is 1. The number of hydrogen-bond acceptors (Lipinski definition) is 4. The minimum atomic E-state index is 0.585. The number of nitrogens with two attached hydrogens (primary N) is 1. The third-order valence-corrected chi connectivity index (χ3v) is 2.82. The summed E-state index contributed by atoms with van der Waals surface area (Å²) in [5, 5.41) is 0. The summed E-state index contributed by atoms with van der Waals surface area (Å²) in [5.74, 6) is 6.05. The third-order valence-electron chi connectivity index (χ3n) is 2.82. The first kappa shape index (κ1) is 12.9. The average Bonchev–Trinajstić information content (AvgIpc) is 2.29. The van der Waals surface area contributed by atoms with Crippen LogP contribution in [0.1, 0.15) is 32.4 Å². The van der Waals surface area contributed by atoms with Gasteiger partial charge in [0, 0.05) is 12.6 Å². The lowest BCUT2D eigenvalue weighted by Crippen LogP contribution is -2.28. The van der Waals surface area contributed by atoms with Crippen molar-refractivity contribution in [1.82, 2.24) is 9.88 Å². The quantitative estimate of drug-likeness (QED) is 0.571. The van der Waals surface area contributed by atoms with Crippen LogP contribution in [0.2, 0.25) is 0 Å². The topological polar surface area (TPSA) is 54.2 Å². The first-order valence-corrected chi connectivity index (χ1v) is 5.80. The van der Waals surface area contributed by atoms with Gasteiger partial charge in [-0.15, -0.1) is 0 Å². The first-order chi connectivity index (χ1) is 7.67. The zero-order valence-corrected chi connectivity index (χ0v) is 10.4. The van der Waals surface area contributed by atoms with Crippen molar-refractivity contribution >= 4 is 5.82 Å². The van der Waals surface area contributed by atoms with Crippen molar-refractivity contribution in [2.24, 2.45) is 5.84 Å². The second kappa shape index (κ2) is 6.45. The summed E-state index contributed by atoms with van der Waals surface area (Å²) in [6, 6.07) is 6.44. The minimum Gasteiger partial charge on any atom is -0.308 e. The van der Waals surface area contributed by atoms with Crippen molar-refractivity contribution in [3.63, 3.8) is 0 Å². The molecule has 0 saturated carbocycles. The van der Waals surface area contributed by atoms with Crippen LogP contribution in [0.3, 0.4) is 0 Å². The summed E-state index contributed by atoms with van der Waals surface area (Å²) in [6.07, 6.45) is 2.43. The molecular weight excluding hydrogens is 200 g/mol. The molecule has 0 radical (unpaired) electrons. The highest BCUT2D eigenvalue weighted by molar-refractivity contribution is 5.33. The molecule has 0 aromatic carbocycles. The molecule has 0 aliphatic carbocycles. The maximum atomic E-state index is 5.33. The summed E-state index contributed by atoms with van der Waals surface area (Å²) in [6.45, 7) is 5.31. The van der Waals surface area contributed by atoms with Crippen molar-refractivity contribution in [2.45, 2.75) is 39.3 Å². The Labute approximate surface area is 97.8 Å². The van der Waals surface area contributed by atoms with Crippen LogP contribution in [-0.4, -0.2) is 23.0 Å². The highest BCUT2D eigenvalue weighted by Crippen LogP contribution is 2.10. The molecule has 1 atom stereocenters. The van der Waals surface area contributed by atoms with Gasteiger partial charge in [0.15, 0.2) is 0 Å². The predicted molar refractivity (Wildman–Crippen MR) is 67.9 cm³/mol. The monoisotopic (exact) mass is 222 g/mol. The fraction of sp³-hybridized carbons (Fsp3) is 0.583. The smallest absolute Gasteiger partial charge is 0.140 e. The Bertz CT molecular complexity index is 314. The van der Waals surface area contributed by atoms with Gasteiger partial charge >= 0.3 is 0 Å². The Balaban J connectivity index is 2.58. The predicted octanol–water partition coefficient (Wildman–Crippen LogP) is 1.99. The van der Waals surface area contributed by atoms with Gasteiger partial charge in [-0.1, -0.05) is 19.4 Å². The van der Waals surface area contributed by atoms with Gasteiger partial charge in [-0.3, -0.25) is 4.90 Å². The molecule has 0 fully saturated rings. The zero-order chi connectivity index (χ0) is 12.0. The van der Waals surface area contributed by atoms with Crippen molar-refractivity contribution in [2.75, 3.05) is 12.5 Å². The molecule has 0 aliphatic heterocycles. The maximum absolute atomic E-state index is 5.33. The third kappa shape index (κ3) is 3.79. The molecule has 4 nitrogen and oxygen atoms in total. The molecule has 0 bridgehead atoms. The second-order valence-electron chi connectivity index (χ2n) is 4.21. The number of pyridine rings is 1. The van der Waals surface area contributed by atoms with E-state index in [-0.39, 0.29) is 0 Å². The molecule has 0 amide bonds. The van der Waals surface area contributed by atoms with Gasteiger partial charge in [-0.25, -0.2) is 10.8 Å². The summed E-state index contributed by atoms with van der Waals surface area (Å²) in [7, 11) is 2.13. The van der Waals surface area contributed by atoms with Crippen molar-refractivity contribution in [3.8, 4) is 0 Å². The Kier molecular flexibility index (Phi) is 5.22. The standard InChI is InChI=1S/C12H22N4/c1-4-6-10(2)16(3)9-11-7-5-8-12(14-11)15-13/h5,7-8,10H,4,6,9,13H2,1-3H3,(H,14,15). The van der Waals surface area contributed by atoms with Crippen LogP contribution >= 0.6 is 0 Å². The number of hydrogen-bond donors (Lipinski definition) is 2. The van der Waals surface area contributed by atoms with E-state index in [1.165, 1.54) is 12.8 Å². The molecule has 1 aromatic heterocycles. The average molecular weight is 222 g/mol. The minimum absolute atomic E-state index is 0.585. The van der Waals surface area contributed by atoms with E-state index in [1.54, 1.807) is 0 Å². The molecule has 0 saturated heterocycles. The van der Waals surface area contributed by atoms with Gasteiger partial charge in [0.1, 0.15) is 5.82 Å². The Hall–Kier alpha value is -1.13. The lowest BCUT2D eigenvalue weighted by molar-refractivity contribution is 0.234.